The molecule has 3 rings (SSSR count). The van der Waals surface area contributed by atoms with Gasteiger partial charge in [-0.25, -0.2) is 4.98 Å². The molecule has 18 heavy (non-hydrogen) atoms. The average molecular weight is 236 g/mol. The SMILES string of the molecule is Cc1ccn2c(-c3ccccc3)nc(C=O)c2c1. The van der Waals surface area contributed by atoms with Crippen molar-refractivity contribution >= 4 is 11.8 Å². The molecule has 0 spiro atoms. The van der Waals surface area contributed by atoms with Crippen LogP contribution >= 0.6 is 0 Å². The Morgan fingerprint density at radius 3 is 2.67 bits per heavy atom. The molecule has 0 saturated heterocycles. The highest BCUT2D eigenvalue weighted by molar-refractivity contribution is 5.86. The van der Waals surface area contributed by atoms with Crippen molar-refractivity contribution in [3.8, 4) is 11.4 Å². The van der Waals surface area contributed by atoms with Crippen LogP contribution in [0.4, 0.5) is 0 Å². The number of aromatic nitrogens is 2. The van der Waals surface area contributed by atoms with Gasteiger partial charge in [0.15, 0.2) is 6.29 Å². The zero-order valence-corrected chi connectivity index (χ0v) is 10.00. The van der Waals surface area contributed by atoms with Crippen molar-refractivity contribution in [1.29, 1.82) is 0 Å². The van der Waals surface area contributed by atoms with Crippen molar-refractivity contribution in [2.45, 2.75) is 6.92 Å². The highest BCUT2D eigenvalue weighted by atomic mass is 16.1. The molecule has 0 unspecified atom stereocenters. The topological polar surface area (TPSA) is 34.4 Å². The van der Waals surface area contributed by atoms with Crippen LogP contribution in [0.3, 0.4) is 0 Å². The smallest absolute Gasteiger partial charge is 0.170 e. The Hall–Kier alpha value is -2.42. The predicted molar refractivity (Wildman–Crippen MR) is 70.8 cm³/mol. The first-order valence-electron chi connectivity index (χ1n) is 5.79. The molecule has 2 heterocycles. The van der Waals surface area contributed by atoms with Crippen molar-refractivity contribution < 1.29 is 4.79 Å². The summed E-state index contributed by atoms with van der Waals surface area (Å²) < 4.78 is 1.95. The van der Waals surface area contributed by atoms with Crippen LogP contribution in [-0.2, 0) is 0 Å². The van der Waals surface area contributed by atoms with Gasteiger partial charge in [0, 0.05) is 11.8 Å². The molecule has 88 valence electrons. The van der Waals surface area contributed by atoms with Gasteiger partial charge in [-0.3, -0.25) is 9.20 Å². The number of hydrogen-bond donors (Lipinski definition) is 0. The van der Waals surface area contributed by atoms with Crippen molar-refractivity contribution in [3.63, 3.8) is 0 Å². The lowest BCUT2D eigenvalue weighted by Gasteiger charge is -2.01. The van der Waals surface area contributed by atoms with Crippen LogP contribution in [0.25, 0.3) is 16.9 Å². The fourth-order valence-electron chi connectivity index (χ4n) is 2.09. The maximum atomic E-state index is 11.1. The molecule has 0 fully saturated rings. The highest BCUT2D eigenvalue weighted by Crippen LogP contribution is 2.22. The summed E-state index contributed by atoms with van der Waals surface area (Å²) in [6.45, 7) is 2.00. The first-order chi connectivity index (χ1) is 8.79. The molecule has 0 bridgehead atoms. The molecule has 2 aromatic heterocycles. The van der Waals surface area contributed by atoms with Gasteiger partial charge in [-0.1, -0.05) is 30.3 Å². The van der Waals surface area contributed by atoms with Crippen molar-refractivity contribution in [2.24, 2.45) is 0 Å². The normalized spacial score (nSPS) is 10.7. The van der Waals surface area contributed by atoms with E-state index in [1.807, 2.05) is 60.0 Å². The van der Waals surface area contributed by atoms with E-state index in [1.165, 1.54) is 0 Å². The van der Waals surface area contributed by atoms with Gasteiger partial charge in [0.1, 0.15) is 11.5 Å². The number of fused-ring (bicyclic) bond motifs is 1. The minimum atomic E-state index is 0.484. The Morgan fingerprint density at radius 1 is 1.17 bits per heavy atom. The molecule has 0 saturated carbocycles. The van der Waals surface area contributed by atoms with Gasteiger partial charge in [-0.2, -0.15) is 0 Å². The Kier molecular flexibility index (Phi) is 2.45. The number of pyridine rings is 1. The van der Waals surface area contributed by atoms with Gasteiger partial charge in [0.05, 0.1) is 5.52 Å². The first-order valence-corrected chi connectivity index (χ1v) is 5.79. The lowest BCUT2D eigenvalue weighted by atomic mass is 10.2. The number of benzene rings is 1. The van der Waals surface area contributed by atoms with E-state index in [0.717, 1.165) is 28.8 Å². The quantitative estimate of drug-likeness (QED) is 0.641. The molecule has 3 aromatic rings. The second-order valence-corrected chi connectivity index (χ2v) is 4.26. The fourth-order valence-corrected chi connectivity index (χ4v) is 2.09. The molecule has 3 heteroatoms. The van der Waals surface area contributed by atoms with E-state index >= 15 is 0 Å². The summed E-state index contributed by atoms with van der Waals surface area (Å²) in [6.07, 6.45) is 2.76. The number of aryl methyl sites for hydroxylation is 1. The molecule has 0 radical (unpaired) electrons. The van der Waals surface area contributed by atoms with Gasteiger partial charge in [-0.05, 0) is 24.6 Å². The van der Waals surface area contributed by atoms with E-state index in [1.54, 1.807) is 0 Å². The first kappa shape index (κ1) is 10.7. The third-order valence-electron chi connectivity index (χ3n) is 2.97. The molecule has 0 N–H and O–H groups in total. The molecule has 0 aliphatic rings. The molecule has 0 aliphatic heterocycles. The minimum Gasteiger partial charge on any atom is -0.299 e. The van der Waals surface area contributed by atoms with Crippen LogP contribution in [0.2, 0.25) is 0 Å². The zero-order valence-electron chi connectivity index (χ0n) is 10.00. The summed E-state index contributed by atoms with van der Waals surface area (Å²) in [5.74, 6) is 0.799. The van der Waals surface area contributed by atoms with Gasteiger partial charge < -0.3 is 0 Å². The van der Waals surface area contributed by atoms with E-state index in [9.17, 15) is 4.79 Å². The summed E-state index contributed by atoms with van der Waals surface area (Å²) in [5, 5.41) is 0. The average Bonchev–Trinajstić information content (AvgIpc) is 2.77. The third kappa shape index (κ3) is 1.61. The van der Waals surface area contributed by atoms with Gasteiger partial charge in [0.25, 0.3) is 0 Å². The summed E-state index contributed by atoms with van der Waals surface area (Å²) in [6, 6.07) is 13.9. The van der Waals surface area contributed by atoms with Crippen molar-refractivity contribution in [1.82, 2.24) is 9.38 Å². The number of nitrogens with zero attached hydrogens (tertiary/aromatic N) is 2. The molecule has 0 atom stereocenters. The van der Waals surface area contributed by atoms with E-state index < -0.39 is 0 Å². The molecule has 0 aliphatic carbocycles. The number of hydrogen-bond acceptors (Lipinski definition) is 2. The van der Waals surface area contributed by atoms with Crippen LogP contribution in [0.1, 0.15) is 16.1 Å². The Labute approximate surface area is 105 Å². The second kappa shape index (κ2) is 4.11. The summed E-state index contributed by atoms with van der Waals surface area (Å²) in [4.78, 5) is 15.5. The van der Waals surface area contributed by atoms with E-state index in [-0.39, 0.29) is 0 Å². The van der Waals surface area contributed by atoms with Crippen molar-refractivity contribution in [2.75, 3.05) is 0 Å². The lowest BCUT2D eigenvalue weighted by molar-refractivity contribution is 0.112. The minimum absolute atomic E-state index is 0.484. The van der Waals surface area contributed by atoms with Crippen LogP contribution in [0, 0.1) is 6.92 Å². The fraction of sp³-hybridized carbons (Fsp3) is 0.0667. The van der Waals surface area contributed by atoms with E-state index in [4.69, 9.17) is 0 Å². The molecule has 3 nitrogen and oxygen atoms in total. The number of rotatable bonds is 2. The van der Waals surface area contributed by atoms with Gasteiger partial charge in [0.2, 0.25) is 0 Å². The predicted octanol–water partition coefficient (Wildman–Crippen LogP) is 3.12. The second-order valence-electron chi connectivity index (χ2n) is 4.26. The van der Waals surface area contributed by atoms with Crippen LogP contribution in [0.5, 0.6) is 0 Å². The molecular weight excluding hydrogens is 224 g/mol. The maximum Gasteiger partial charge on any atom is 0.170 e. The largest absolute Gasteiger partial charge is 0.299 e. The number of aldehydes is 1. The summed E-state index contributed by atoms with van der Waals surface area (Å²) in [5.41, 5.74) is 3.45. The van der Waals surface area contributed by atoms with E-state index in [0.29, 0.717) is 5.69 Å². The van der Waals surface area contributed by atoms with Gasteiger partial charge in [-0.15, -0.1) is 0 Å². The maximum absolute atomic E-state index is 11.1. The van der Waals surface area contributed by atoms with Gasteiger partial charge >= 0.3 is 0 Å². The summed E-state index contributed by atoms with van der Waals surface area (Å²) in [7, 11) is 0. The van der Waals surface area contributed by atoms with Crippen molar-refractivity contribution in [3.05, 3.63) is 59.9 Å². The molecule has 1 aromatic carbocycles. The molecule has 0 amide bonds. The lowest BCUT2D eigenvalue weighted by Crippen LogP contribution is -1.89. The number of carbonyl (C=O) groups is 1. The van der Waals surface area contributed by atoms with Crippen LogP contribution < -0.4 is 0 Å². The Morgan fingerprint density at radius 2 is 1.94 bits per heavy atom. The third-order valence-corrected chi connectivity index (χ3v) is 2.97. The number of carbonyl (C=O) groups excluding carboxylic acids is 1. The number of imidazole rings is 1. The van der Waals surface area contributed by atoms with Crippen LogP contribution in [0.15, 0.2) is 48.7 Å². The highest BCUT2D eigenvalue weighted by Gasteiger charge is 2.11. The summed E-state index contributed by atoms with van der Waals surface area (Å²) >= 11 is 0. The standard InChI is InChI=1S/C15H12N2O/c1-11-7-8-17-14(9-11)13(10-18)16-15(17)12-5-3-2-4-6-12/h2-10H,1H3. The van der Waals surface area contributed by atoms with E-state index in [2.05, 4.69) is 4.98 Å². The zero-order chi connectivity index (χ0) is 12.5. The molecular formula is C15H12N2O. The van der Waals surface area contributed by atoms with Crippen LogP contribution in [-0.4, -0.2) is 15.7 Å². The monoisotopic (exact) mass is 236 g/mol. The Balaban J connectivity index is 2.34. The Bertz CT molecular complexity index is 714.